The first-order valence-electron chi connectivity index (χ1n) is 7.24. The zero-order chi connectivity index (χ0) is 15.9. The highest BCUT2D eigenvalue weighted by atomic mass is 16.5. The summed E-state index contributed by atoms with van der Waals surface area (Å²) in [5.41, 5.74) is 7.95. The van der Waals surface area contributed by atoms with Crippen molar-refractivity contribution in [2.24, 2.45) is 5.73 Å². The van der Waals surface area contributed by atoms with Crippen LogP contribution in [-0.4, -0.2) is 24.2 Å². The second kappa shape index (κ2) is 7.61. The number of hydrogen-bond donors (Lipinski definition) is 2. The van der Waals surface area contributed by atoms with Crippen LogP contribution >= 0.6 is 0 Å². The van der Waals surface area contributed by atoms with Crippen molar-refractivity contribution in [1.29, 1.82) is 0 Å². The summed E-state index contributed by atoms with van der Waals surface area (Å²) >= 11 is 0. The van der Waals surface area contributed by atoms with E-state index in [9.17, 15) is 4.79 Å². The predicted octanol–water partition coefficient (Wildman–Crippen LogP) is 2.20. The first kappa shape index (κ1) is 16.0. The van der Waals surface area contributed by atoms with Gasteiger partial charge in [-0.25, -0.2) is 0 Å². The Kier molecular flexibility index (Phi) is 5.55. The monoisotopic (exact) mass is 303 g/mol. The number of rotatable bonds is 7. The molecule has 6 heteroatoms. The van der Waals surface area contributed by atoms with Gasteiger partial charge < -0.3 is 20.3 Å². The Balaban J connectivity index is 1.84. The van der Waals surface area contributed by atoms with E-state index < -0.39 is 0 Å². The summed E-state index contributed by atoms with van der Waals surface area (Å²) in [5, 5.41) is 6.74. The Morgan fingerprint density at radius 2 is 2.05 bits per heavy atom. The van der Waals surface area contributed by atoms with Gasteiger partial charge in [-0.15, -0.1) is 0 Å². The summed E-state index contributed by atoms with van der Waals surface area (Å²) in [6, 6.07) is 7.22. The fourth-order valence-electron chi connectivity index (χ4n) is 2.13. The number of hydrogen-bond acceptors (Lipinski definition) is 5. The molecule has 2 aromatic rings. The number of aryl methyl sites for hydroxylation is 2. The molecule has 0 aliphatic carbocycles. The largest absolute Gasteiger partial charge is 0.492 e. The molecule has 0 aliphatic rings. The summed E-state index contributed by atoms with van der Waals surface area (Å²) in [6.07, 6.45) is 0.999. The lowest BCUT2D eigenvalue weighted by Crippen LogP contribution is -2.13. The van der Waals surface area contributed by atoms with Crippen molar-refractivity contribution in [3.05, 3.63) is 41.3 Å². The Hall–Kier alpha value is -2.34. The quantitative estimate of drug-likeness (QED) is 0.818. The number of carbonyl (C=O) groups excluding carboxylic acids is 1. The van der Waals surface area contributed by atoms with Crippen molar-refractivity contribution >= 4 is 11.6 Å². The van der Waals surface area contributed by atoms with Crippen LogP contribution in [0.15, 0.2) is 28.8 Å². The Bertz CT molecular complexity index is 601. The third-order valence-electron chi connectivity index (χ3n) is 3.31. The molecule has 0 unspecified atom stereocenters. The molecule has 0 spiro atoms. The number of amides is 1. The minimum absolute atomic E-state index is 0.0457. The molecule has 0 bridgehead atoms. The Labute approximate surface area is 129 Å². The molecule has 22 heavy (non-hydrogen) atoms. The lowest BCUT2D eigenvalue weighted by atomic mass is 10.1. The van der Waals surface area contributed by atoms with Crippen LogP contribution in [-0.2, 0) is 11.2 Å². The van der Waals surface area contributed by atoms with Crippen LogP contribution < -0.4 is 15.8 Å². The van der Waals surface area contributed by atoms with Crippen LogP contribution in [0.4, 0.5) is 5.69 Å². The fraction of sp³-hybridized carbons (Fsp3) is 0.375. The molecule has 0 saturated heterocycles. The van der Waals surface area contributed by atoms with Gasteiger partial charge in [0, 0.05) is 24.2 Å². The standard InChI is InChI=1S/C16H21N3O3/c1-11-15(12(2)22-19-11)7-8-16(20)18-13-3-5-14(6-4-13)21-10-9-17/h3-6H,7-10,17H2,1-2H3,(H,18,20). The van der Waals surface area contributed by atoms with E-state index in [0.717, 1.165) is 28.5 Å². The molecule has 3 N–H and O–H groups in total. The van der Waals surface area contributed by atoms with Crippen molar-refractivity contribution in [2.45, 2.75) is 26.7 Å². The van der Waals surface area contributed by atoms with E-state index in [2.05, 4.69) is 10.5 Å². The number of nitrogens with two attached hydrogens (primary N) is 1. The number of benzene rings is 1. The van der Waals surface area contributed by atoms with Gasteiger partial charge in [-0.3, -0.25) is 4.79 Å². The molecule has 0 atom stereocenters. The molecule has 2 rings (SSSR count). The van der Waals surface area contributed by atoms with E-state index in [1.165, 1.54) is 0 Å². The van der Waals surface area contributed by atoms with Gasteiger partial charge in [0.05, 0.1) is 5.69 Å². The Morgan fingerprint density at radius 1 is 1.32 bits per heavy atom. The van der Waals surface area contributed by atoms with E-state index in [4.69, 9.17) is 15.0 Å². The molecule has 1 heterocycles. The van der Waals surface area contributed by atoms with Crippen LogP contribution in [0, 0.1) is 13.8 Å². The molecule has 1 amide bonds. The molecule has 0 radical (unpaired) electrons. The third-order valence-corrected chi connectivity index (χ3v) is 3.31. The summed E-state index contributed by atoms with van der Waals surface area (Å²) in [7, 11) is 0. The predicted molar refractivity (Wildman–Crippen MR) is 83.9 cm³/mol. The average Bonchev–Trinajstić information content (AvgIpc) is 2.83. The second-order valence-corrected chi connectivity index (χ2v) is 5.01. The van der Waals surface area contributed by atoms with Gasteiger partial charge >= 0.3 is 0 Å². The smallest absolute Gasteiger partial charge is 0.224 e. The number of ether oxygens (including phenoxy) is 1. The molecule has 0 fully saturated rings. The van der Waals surface area contributed by atoms with Crippen molar-refractivity contribution in [1.82, 2.24) is 5.16 Å². The highest BCUT2D eigenvalue weighted by Crippen LogP contribution is 2.17. The van der Waals surface area contributed by atoms with Crippen LogP contribution in [0.2, 0.25) is 0 Å². The maximum atomic E-state index is 12.0. The van der Waals surface area contributed by atoms with Crippen LogP contribution in [0.3, 0.4) is 0 Å². The van der Waals surface area contributed by atoms with E-state index in [1.807, 2.05) is 13.8 Å². The molecule has 1 aromatic carbocycles. The highest BCUT2D eigenvalue weighted by molar-refractivity contribution is 5.90. The summed E-state index contributed by atoms with van der Waals surface area (Å²) < 4.78 is 10.5. The second-order valence-electron chi connectivity index (χ2n) is 5.01. The number of carbonyl (C=O) groups is 1. The number of nitrogens with zero attached hydrogens (tertiary/aromatic N) is 1. The van der Waals surface area contributed by atoms with E-state index in [-0.39, 0.29) is 5.91 Å². The molecule has 6 nitrogen and oxygen atoms in total. The van der Waals surface area contributed by atoms with Crippen molar-refractivity contribution in [3.8, 4) is 5.75 Å². The molecular formula is C16H21N3O3. The highest BCUT2D eigenvalue weighted by Gasteiger charge is 2.11. The van der Waals surface area contributed by atoms with Crippen molar-refractivity contribution in [3.63, 3.8) is 0 Å². The van der Waals surface area contributed by atoms with E-state index >= 15 is 0 Å². The summed E-state index contributed by atoms with van der Waals surface area (Å²) in [6.45, 7) is 4.68. The SMILES string of the molecule is Cc1noc(C)c1CCC(=O)Nc1ccc(OCCN)cc1. The molecule has 0 aliphatic heterocycles. The lowest BCUT2D eigenvalue weighted by Gasteiger charge is -2.07. The minimum atomic E-state index is -0.0457. The van der Waals surface area contributed by atoms with Crippen LogP contribution in [0.25, 0.3) is 0 Å². The topological polar surface area (TPSA) is 90.4 Å². The van der Waals surface area contributed by atoms with Gasteiger partial charge in [0.15, 0.2) is 0 Å². The maximum Gasteiger partial charge on any atom is 0.224 e. The minimum Gasteiger partial charge on any atom is -0.492 e. The van der Waals surface area contributed by atoms with Crippen LogP contribution in [0.5, 0.6) is 5.75 Å². The number of aromatic nitrogens is 1. The van der Waals surface area contributed by atoms with Gasteiger partial charge in [0.2, 0.25) is 5.91 Å². The van der Waals surface area contributed by atoms with Gasteiger partial charge in [-0.05, 0) is 44.5 Å². The molecule has 1 aromatic heterocycles. The van der Waals surface area contributed by atoms with Crippen molar-refractivity contribution < 1.29 is 14.1 Å². The lowest BCUT2D eigenvalue weighted by molar-refractivity contribution is -0.116. The first-order valence-corrected chi connectivity index (χ1v) is 7.24. The summed E-state index contributed by atoms with van der Waals surface area (Å²) in [5.74, 6) is 1.46. The van der Waals surface area contributed by atoms with Gasteiger partial charge in [0.25, 0.3) is 0 Å². The molecule has 0 saturated carbocycles. The zero-order valence-corrected chi connectivity index (χ0v) is 12.9. The van der Waals surface area contributed by atoms with Crippen molar-refractivity contribution in [2.75, 3.05) is 18.5 Å². The third kappa shape index (κ3) is 4.33. The van der Waals surface area contributed by atoms with Gasteiger partial charge in [-0.2, -0.15) is 0 Å². The number of anilines is 1. The van der Waals surface area contributed by atoms with Crippen LogP contribution in [0.1, 0.15) is 23.4 Å². The van der Waals surface area contributed by atoms with E-state index in [1.54, 1.807) is 24.3 Å². The number of nitrogens with one attached hydrogen (secondary N) is 1. The summed E-state index contributed by atoms with van der Waals surface area (Å²) in [4.78, 5) is 12.0. The zero-order valence-electron chi connectivity index (χ0n) is 12.9. The Morgan fingerprint density at radius 3 is 2.64 bits per heavy atom. The van der Waals surface area contributed by atoms with E-state index in [0.29, 0.717) is 26.0 Å². The first-order chi connectivity index (χ1) is 10.6. The molecule has 118 valence electrons. The average molecular weight is 303 g/mol. The normalized spacial score (nSPS) is 10.5. The maximum absolute atomic E-state index is 12.0. The van der Waals surface area contributed by atoms with Gasteiger partial charge in [0.1, 0.15) is 18.1 Å². The fourth-order valence-corrected chi connectivity index (χ4v) is 2.13. The molecular weight excluding hydrogens is 282 g/mol. The van der Waals surface area contributed by atoms with Gasteiger partial charge in [-0.1, -0.05) is 5.16 Å².